The molecule has 3 nitrogen and oxygen atoms in total. The molecule has 1 heterocycles. The van der Waals surface area contributed by atoms with E-state index in [9.17, 15) is 5.11 Å². The zero-order valence-corrected chi connectivity index (χ0v) is 10.6. The van der Waals surface area contributed by atoms with Crippen molar-refractivity contribution in [3.8, 4) is 22.8 Å². The molecule has 0 saturated heterocycles. The average molecular weight is 250 g/mol. The Balaban J connectivity index is 2.21. The van der Waals surface area contributed by atoms with E-state index in [1.165, 1.54) is 0 Å². The molecule has 94 valence electrons. The Bertz CT molecular complexity index is 702. The van der Waals surface area contributed by atoms with Gasteiger partial charge < -0.3 is 5.11 Å². The number of aromatic nitrogens is 2. The van der Waals surface area contributed by atoms with Crippen LogP contribution in [-0.4, -0.2) is 14.7 Å². The van der Waals surface area contributed by atoms with Gasteiger partial charge in [-0.25, -0.2) is 4.98 Å². The minimum Gasteiger partial charge on any atom is -0.507 e. The molecule has 2 aromatic carbocycles. The number of hydrogen-bond donors (Lipinski definition) is 1. The lowest BCUT2D eigenvalue weighted by Crippen LogP contribution is -1.95. The number of aromatic hydroxyl groups is 1. The lowest BCUT2D eigenvalue weighted by Gasteiger charge is -2.08. The summed E-state index contributed by atoms with van der Waals surface area (Å²) >= 11 is 0. The van der Waals surface area contributed by atoms with E-state index in [-0.39, 0.29) is 5.75 Å². The van der Waals surface area contributed by atoms with Gasteiger partial charge in [-0.1, -0.05) is 30.3 Å². The number of nitrogens with zero attached hydrogens (tertiary/aromatic N) is 2. The summed E-state index contributed by atoms with van der Waals surface area (Å²) in [6.45, 7) is 1.95. The minimum atomic E-state index is 0.241. The third kappa shape index (κ3) is 2.10. The van der Waals surface area contributed by atoms with E-state index in [0.29, 0.717) is 0 Å². The standard InChI is InChI=1S/C16H14N2O/c1-12-11-18(13-7-3-2-4-8-13)16(17-12)14-9-5-6-10-15(14)19/h2-11,19H,1H3. The maximum absolute atomic E-state index is 9.99. The fourth-order valence-electron chi connectivity index (χ4n) is 2.14. The molecule has 19 heavy (non-hydrogen) atoms. The second kappa shape index (κ2) is 4.61. The first-order valence-electron chi connectivity index (χ1n) is 6.15. The molecule has 0 fully saturated rings. The predicted octanol–water partition coefficient (Wildman–Crippen LogP) is 3.55. The van der Waals surface area contributed by atoms with Crippen molar-refractivity contribution in [2.24, 2.45) is 0 Å². The van der Waals surface area contributed by atoms with E-state index in [1.807, 2.05) is 66.2 Å². The van der Waals surface area contributed by atoms with Gasteiger partial charge in [0.05, 0.1) is 11.3 Å². The van der Waals surface area contributed by atoms with Gasteiger partial charge in [-0.2, -0.15) is 0 Å². The Kier molecular flexibility index (Phi) is 2.80. The summed E-state index contributed by atoms with van der Waals surface area (Å²) in [4.78, 5) is 4.52. The van der Waals surface area contributed by atoms with E-state index >= 15 is 0 Å². The van der Waals surface area contributed by atoms with Crippen LogP contribution in [0.2, 0.25) is 0 Å². The Hall–Kier alpha value is -2.55. The molecule has 0 aliphatic carbocycles. The average Bonchev–Trinajstić information content (AvgIpc) is 2.82. The molecule has 1 N–H and O–H groups in total. The van der Waals surface area contributed by atoms with Gasteiger partial charge in [-0.3, -0.25) is 4.57 Å². The van der Waals surface area contributed by atoms with E-state index in [2.05, 4.69) is 4.98 Å². The number of imidazole rings is 1. The molecule has 3 rings (SSSR count). The lowest BCUT2D eigenvalue weighted by molar-refractivity contribution is 0.477. The van der Waals surface area contributed by atoms with Gasteiger partial charge in [-0.15, -0.1) is 0 Å². The fraction of sp³-hybridized carbons (Fsp3) is 0.0625. The molecule has 1 aromatic heterocycles. The summed E-state index contributed by atoms with van der Waals surface area (Å²) in [6.07, 6.45) is 1.97. The smallest absolute Gasteiger partial charge is 0.148 e. The van der Waals surface area contributed by atoms with Crippen LogP contribution in [-0.2, 0) is 0 Å². The van der Waals surface area contributed by atoms with Crippen molar-refractivity contribution >= 4 is 0 Å². The maximum Gasteiger partial charge on any atom is 0.148 e. The fourth-order valence-corrected chi connectivity index (χ4v) is 2.14. The van der Waals surface area contributed by atoms with E-state index in [4.69, 9.17) is 0 Å². The second-order valence-corrected chi connectivity index (χ2v) is 4.43. The predicted molar refractivity (Wildman–Crippen MR) is 75.4 cm³/mol. The van der Waals surface area contributed by atoms with Crippen molar-refractivity contribution in [1.82, 2.24) is 9.55 Å². The van der Waals surface area contributed by atoms with Gasteiger partial charge in [0.15, 0.2) is 0 Å². The van der Waals surface area contributed by atoms with Crippen molar-refractivity contribution < 1.29 is 5.11 Å². The summed E-state index contributed by atoms with van der Waals surface area (Å²) in [6, 6.07) is 17.2. The van der Waals surface area contributed by atoms with Gasteiger partial charge in [0, 0.05) is 11.9 Å². The van der Waals surface area contributed by atoms with Crippen LogP contribution < -0.4 is 0 Å². The summed E-state index contributed by atoms with van der Waals surface area (Å²) < 4.78 is 1.99. The van der Waals surface area contributed by atoms with Crippen LogP contribution in [0.4, 0.5) is 0 Å². The van der Waals surface area contributed by atoms with Crippen molar-refractivity contribution in [2.75, 3.05) is 0 Å². The van der Waals surface area contributed by atoms with Gasteiger partial charge in [0.1, 0.15) is 11.6 Å². The highest BCUT2D eigenvalue weighted by Crippen LogP contribution is 2.29. The quantitative estimate of drug-likeness (QED) is 0.755. The van der Waals surface area contributed by atoms with Gasteiger partial charge in [0.2, 0.25) is 0 Å². The number of aryl methyl sites for hydroxylation is 1. The third-order valence-corrected chi connectivity index (χ3v) is 3.01. The lowest BCUT2D eigenvalue weighted by atomic mass is 10.2. The molecular formula is C16H14N2O. The second-order valence-electron chi connectivity index (χ2n) is 4.43. The van der Waals surface area contributed by atoms with E-state index in [0.717, 1.165) is 22.8 Å². The van der Waals surface area contributed by atoms with Crippen LogP contribution in [0.25, 0.3) is 17.1 Å². The number of hydrogen-bond acceptors (Lipinski definition) is 2. The Morgan fingerprint density at radius 1 is 0.947 bits per heavy atom. The monoisotopic (exact) mass is 250 g/mol. The topological polar surface area (TPSA) is 38.0 Å². The van der Waals surface area contributed by atoms with Gasteiger partial charge in [-0.05, 0) is 31.2 Å². The molecule has 0 aliphatic rings. The molecular weight excluding hydrogens is 236 g/mol. The van der Waals surface area contributed by atoms with Gasteiger partial charge in [0.25, 0.3) is 0 Å². The molecule has 0 atom stereocenters. The number of para-hydroxylation sites is 2. The summed E-state index contributed by atoms with van der Waals surface area (Å²) in [7, 11) is 0. The Labute approximate surface area is 111 Å². The molecule has 0 amide bonds. The molecule has 0 bridgehead atoms. The minimum absolute atomic E-state index is 0.241. The first-order chi connectivity index (χ1) is 9.25. The Morgan fingerprint density at radius 3 is 2.37 bits per heavy atom. The normalized spacial score (nSPS) is 10.6. The van der Waals surface area contributed by atoms with Crippen LogP contribution in [0.3, 0.4) is 0 Å². The highest BCUT2D eigenvalue weighted by atomic mass is 16.3. The molecule has 0 radical (unpaired) electrons. The van der Waals surface area contributed by atoms with Crippen LogP contribution in [0.1, 0.15) is 5.69 Å². The van der Waals surface area contributed by atoms with Crippen molar-refractivity contribution in [2.45, 2.75) is 6.92 Å². The molecule has 3 heteroatoms. The number of phenolic OH excluding ortho intramolecular Hbond substituents is 1. The van der Waals surface area contributed by atoms with E-state index in [1.54, 1.807) is 6.07 Å². The SMILES string of the molecule is Cc1cn(-c2ccccc2)c(-c2ccccc2O)n1. The van der Waals surface area contributed by atoms with Gasteiger partial charge >= 0.3 is 0 Å². The molecule has 0 saturated carbocycles. The highest BCUT2D eigenvalue weighted by Gasteiger charge is 2.12. The van der Waals surface area contributed by atoms with Crippen LogP contribution in [0.15, 0.2) is 60.8 Å². The number of phenols is 1. The largest absolute Gasteiger partial charge is 0.507 e. The third-order valence-electron chi connectivity index (χ3n) is 3.01. The van der Waals surface area contributed by atoms with Crippen LogP contribution >= 0.6 is 0 Å². The van der Waals surface area contributed by atoms with Crippen molar-refractivity contribution in [3.63, 3.8) is 0 Å². The molecule has 0 unspecified atom stereocenters. The van der Waals surface area contributed by atoms with Crippen LogP contribution in [0.5, 0.6) is 5.75 Å². The summed E-state index contributed by atoms with van der Waals surface area (Å²) in [5.41, 5.74) is 2.68. The highest BCUT2D eigenvalue weighted by molar-refractivity contribution is 5.66. The van der Waals surface area contributed by atoms with Crippen LogP contribution in [0, 0.1) is 6.92 Å². The summed E-state index contributed by atoms with van der Waals surface area (Å²) in [5, 5.41) is 9.99. The molecule has 0 aliphatic heterocycles. The molecule has 3 aromatic rings. The first-order valence-corrected chi connectivity index (χ1v) is 6.15. The summed E-state index contributed by atoms with van der Waals surface area (Å²) in [5.74, 6) is 0.993. The molecule has 0 spiro atoms. The van der Waals surface area contributed by atoms with Crippen molar-refractivity contribution in [3.05, 3.63) is 66.5 Å². The Morgan fingerprint density at radius 2 is 1.63 bits per heavy atom. The zero-order chi connectivity index (χ0) is 13.2. The van der Waals surface area contributed by atoms with Crippen molar-refractivity contribution in [1.29, 1.82) is 0 Å². The zero-order valence-electron chi connectivity index (χ0n) is 10.6. The number of rotatable bonds is 2. The van der Waals surface area contributed by atoms with E-state index < -0.39 is 0 Å². The first kappa shape index (κ1) is 11.5. The number of benzene rings is 2. The maximum atomic E-state index is 9.99.